The van der Waals surface area contributed by atoms with Gasteiger partial charge in [0, 0.05) is 49.9 Å². The normalized spacial score (nSPS) is 26.0. The van der Waals surface area contributed by atoms with Crippen LogP contribution in [0.25, 0.3) is 0 Å². The van der Waals surface area contributed by atoms with Crippen molar-refractivity contribution < 1.29 is 19.5 Å². The second-order valence-corrected chi connectivity index (χ2v) is 13.1. The number of hydrogen-bond donors (Lipinski definition) is 2. The number of amides is 3. The number of nitrogens with zero attached hydrogens (tertiary/aromatic N) is 3. The van der Waals surface area contributed by atoms with Crippen molar-refractivity contribution >= 4 is 17.9 Å². The summed E-state index contributed by atoms with van der Waals surface area (Å²) in [4.78, 5) is 44.8. The third-order valence-electron chi connectivity index (χ3n) is 10.4. The third kappa shape index (κ3) is 6.90. The minimum atomic E-state index is -0.730. The first-order valence-corrected chi connectivity index (χ1v) is 16.4. The Balaban J connectivity index is 1.02. The molecular formula is C35H46N4O4. The molecule has 230 valence electrons. The van der Waals surface area contributed by atoms with E-state index < -0.39 is 5.97 Å². The molecule has 2 saturated heterocycles. The summed E-state index contributed by atoms with van der Waals surface area (Å²) in [5, 5.41) is 12.3. The van der Waals surface area contributed by atoms with Gasteiger partial charge in [0.15, 0.2) is 0 Å². The van der Waals surface area contributed by atoms with Crippen molar-refractivity contribution in [1.82, 2.24) is 20.0 Å². The van der Waals surface area contributed by atoms with E-state index in [2.05, 4.69) is 50.3 Å². The molecule has 8 nitrogen and oxygen atoms in total. The maximum atomic E-state index is 13.9. The lowest BCUT2D eigenvalue weighted by molar-refractivity contribution is -0.142. The Morgan fingerprint density at radius 3 is 2.12 bits per heavy atom. The molecule has 2 aliphatic heterocycles. The maximum Gasteiger partial charge on any atom is 0.321 e. The van der Waals surface area contributed by atoms with Gasteiger partial charge in [-0.05, 0) is 74.6 Å². The number of aliphatic carboxylic acids is 1. The molecule has 0 spiro atoms. The second-order valence-electron chi connectivity index (χ2n) is 13.1. The molecule has 0 aromatic heterocycles. The Morgan fingerprint density at radius 1 is 0.791 bits per heavy atom. The fourth-order valence-corrected chi connectivity index (χ4v) is 7.81. The molecule has 2 heterocycles. The number of carboxylic acids is 1. The average molecular weight is 587 g/mol. The predicted octanol–water partition coefficient (Wildman–Crippen LogP) is 5.84. The summed E-state index contributed by atoms with van der Waals surface area (Å²) in [5.41, 5.74) is 3.07. The monoisotopic (exact) mass is 586 g/mol. The molecule has 2 N–H and O–H groups in total. The molecule has 3 amide bonds. The number of carbonyl (C=O) groups excluding carboxylic acids is 2. The van der Waals surface area contributed by atoms with Gasteiger partial charge in [-0.25, -0.2) is 4.79 Å². The van der Waals surface area contributed by atoms with Crippen LogP contribution in [0.15, 0.2) is 54.6 Å². The van der Waals surface area contributed by atoms with E-state index in [1.807, 2.05) is 24.3 Å². The average Bonchev–Trinajstić information content (AvgIpc) is 3.39. The standard InChI is InChI=1S/C35H46N4O4/c40-33(36-29-17-15-28(16-18-29)34(41)42)27-13-11-25(12-14-27)23-37-21-19-31(20-22-37)39-32(26-7-3-1-4-8-26)24-38(35(39)43)30-9-5-2-6-10-30/h1,3-4,7-8,11-14,28-32H,2,5-6,9-10,15-24H2,(H,36,40)(H,41,42)/t28-,29+,32-/m0/s1. The SMILES string of the molecule is O=C(N[C@H]1CC[C@@H](C(=O)O)CC1)c1ccc(CN2CCC(N3C(=O)N(C4CCCCC4)C[C@H]3c3ccccc3)CC2)cc1. The molecule has 43 heavy (non-hydrogen) atoms. The highest BCUT2D eigenvalue weighted by Gasteiger charge is 2.45. The van der Waals surface area contributed by atoms with Gasteiger partial charge < -0.3 is 20.2 Å². The number of benzene rings is 2. The lowest BCUT2D eigenvalue weighted by Gasteiger charge is -2.39. The van der Waals surface area contributed by atoms with Crippen molar-refractivity contribution in [3.63, 3.8) is 0 Å². The zero-order valence-corrected chi connectivity index (χ0v) is 25.2. The Kier molecular flexibility index (Phi) is 9.31. The first-order valence-electron chi connectivity index (χ1n) is 16.4. The van der Waals surface area contributed by atoms with Crippen LogP contribution in [0.4, 0.5) is 4.79 Å². The van der Waals surface area contributed by atoms with Gasteiger partial charge in [-0.1, -0.05) is 61.7 Å². The highest BCUT2D eigenvalue weighted by atomic mass is 16.4. The number of rotatable bonds is 8. The van der Waals surface area contributed by atoms with Gasteiger partial charge in [0.25, 0.3) is 5.91 Å². The van der Waals surface area contributed by atoms with E-state index in [1.54, 1.807) is 0 Å². The molecule has 6 rings (SSSR count). The van der Waals surface area contributed by atoms with Crippen LogP contribution >= 0.6 is 0 Å². The minimum Gasteiger partial charge on any atom is -0.481 e. The number of carboxylic acid groups (broad SMARTS) is 1. The number of likely N-dealkylation sites (tertiary alicyclic amines) is 1. The molecule has 2 aromatic rings. The molecule has 0 radical (unpaired) electrons. The van der Waals surface area contributed by atoms with Gasteiger partial charge in [-0.3, -0.25) is 14.5 Å². The molecule has 4 aliphatic rings. The number of carbonyl (C=O) groups is 3. The fourth-order valence-electron chi connectivity index (χ4n) is 7.81. The fraction of sp³-hybridized carbons (Fsp3) is 0.571. The largest absolute Gasteiger partial charge is 0.481 e. The summed E-state index contributed by atoms with van der Waals surface area (Å²) in [6.45, 7) is 3.52. The summed E-state index contributed by atoms with van der Waals surface area (Å²) in [6, 6.07) is 19.5. The Morgan fingerprint density at radius 2 is 1.47 bits per heavy atom. The highest BCUT2D eigenvalue weighted by Crippen LogP contribution is 2.38. The van der Waals surface area contributed by atoms with Gasteiger partial charge in [-0.2, -0.15) is 0 Å². The van der Waals surface area contributed by atoms with Crippen LogP contribution in [0.5, 0.6) is 0 Å². The topological polar surface area (TPSA) is 93.2 Å². The van der Waals surface area contributed by atoms with Crippen molar-refractivity contribution in [1.29, 1.82) is 0 Å². The van der Waals surface area contributed by atoms with Crippen LogP contribution in [0.1, 0.15) is 98.2 Å². The Hall–Kier alpha value is -3.39. The lowest BCUT2D eigenvalue weighted by atomic mass is 9.86. The molecule has 0 bridgehead atoms. The van der Waals surface area contributed by atoms with Crippen molar-refractivity contribution in [3.8, 4) is 0 Å². The van der Waals surface area contributed by atoms with Crippen molar-refractivity contribution in [2.75, 3.05) is 19.6 Å². The first kappa shape index (κ1) is 29.7. The van der Waals surface area contributed by atoms with Crippen LogP contribution < -0.4 is 5.32 Å². The van der Waals surface area contributed by atoms with Crippen molar-refractivity contribution in [2.45, 2.75) is 101 Å². The van der Waals surface area contributed by atoms with Crippen LogP contribution in [-0.4, -0.2) is 75.5 Å². The molecular weight excluding hydrogens is 540 g/mol. The molecule has 0 unspecified atom stereocenters. The van der Waals surface area contributed by atoms with E-state index in [4.69, 9.17) is 0 Å². The van der Waals surface area contributed by atoms with Crippen LogP contribution in [0, 0.1) is 5.92 Å². The molecule has 2 saturated carbocycles. The number of hydrogen-bond acceptors (Lipinski definition) is 4. The van der Waals surface area contributed by atoms with Gasteiger partial charge >= 0.3 is 12.0 Å². The van der Waals surface area contributed by atoms with Gasteiger partial charge in [-0.15, -0.1) is 0 Å². The molecule has 2 aromatic carbocycles. The smallest absolute Gasteiger partial charge is 0.321 e. The van der Waals surface area contributed by atoms with Crippen molar-refractivity contribution in [3.05, 3.63) is 71.3 Å². The number of urea groups is 1. The van der Waals surface area contributed by atoms with E-state index in [9.17, 15) is 19.5 Å². The summed E-state index contributed by atoms with van der Waals surface area (Å²) >= 11 is 0. The van der Waals surface area contributed by atoms with E-state index in [0.29, 0.717) is 37.3 Å². The molecule has 4 fully saturated rings. The van der Waals surface area contributed by atoms with E-state index in [0.717, 1.165) is 51.9 Å². The predicted molar refractivity (Wildman–Crippen MR) is 166 cm³/mol. The Bertz CT molecular complexity index is 1250. The van der Waals surface area contributed by atoms with Crippen LogP contribution in [0.2, 0.25) is 0 Å². The Labute approximate surface area is 255 Å². The molecule has 2 aliphatic carbocycles. The van der Waals surface area contributed by atoms with Crippen molar-refractivity contribution in [2.24, 2.45) is 5.92 Å². The second kappa shape index (κ2) is 13.5. The van der Waals surface area contributed by atoms with Crippen LogP contribution in [0.3, 0.4) is 0 Å². The maximum absolute atomic E-state index is 13.9. The number of nitrogens with one attached hydrogen (secondary N) is 1. The quantitative estimate of drug-likeness (QED) is 0.406. The summed E-state index contributed by atoms with van der Waals surface area (Å²) in [7, 11) is 0. The third-order valence-corrected chi connectivity index (χ3v) is 10.4. The number of piperidine rings is 1. The summed E-state index contributed by atoms with van der Waals surface area (Å²) < 4.78 is 0. The summed E-state index contributed by atoms with van der Waals surface area (Å²) in [5.74, 6) is -1.10. The van der Waals surface area contributed by atoms with Crippen LogP contribution in [-0.2, 0) is 11.3 Å². The summed E-state index contributed by atoms with van der Waals surface area (Å²) in [6.07, 6.45) is 10.6. The zero-order chi connectivity index (χ0) is 29.8. The first-order chi connectivity index (χ1) is 21.0. The lowest BCUT2D eigenvalue weighted by Crippen LogP contribution is -2.48. The zero-order valence-electron chi connectivity index (χ0n) is 25.2. The van der Waals surface area contributed by atoms with Gasteiger partial charge in [0.1, 0.15) is 0 Å². The van der Waals surface area contributed by atoms with E-state index in [-0.39, 0.29) is 36.0 Å². The molecule has 1 atom stereocenters. The van der Waals surface area contributed by atoms with E-state index in [1.165, 1.54) is 30.4 Å². The van der Waals surface area contributed by atoms with Gasteiger partial charge in [0.05, 0.1) is 12.0 Å². The minimum absolute atomic E-state index is 0.0443. The molecule has 8 heteroatoms. The van der Waals surface area contributed by atoms with Gasteiger partial charge in [0.2, 0.25) is 0 Å². The van der Waals surface area contributed by atoms with E-state index >= 15 is 0 Å². The highest BCUT2D eigenvalue weighted by molar-refractivity contribution is 5.94.